The maximum Gasteiger partial charge on any atom is 0.127 e. The fourth-order valence-electron chi connectivity index (χ4n) is 3.36. The number of benzene rings is 4. The third-order valence-corrected chi connectivity index (χ3v) is 4.47. The van der Waals surface area contributed by atoms with Crippen LogP contribution in [0.4, 0.5) is 0 Å². The number of hydrogen-bond acceptors (Lipinski definition) is 2. The summed E-state index contributed by atoms with van der Waals surface area (Å²) in [5, 5.41) is 4.68. The minimum Gasteiger partial charge on any atom is -0.496 e. The van der Waals surface area contributed by atoms with Crippen molar-refractivity contribution in [2.45, 2.75) is 13.8 Å². The monoisotopic (exact) mass is 448 g/mol. The van der Waals surface area contributed by atoms with Gasteiger partial charge in [0.1, 0.15) is 11.5 Å². The van der Waals surface area contributed by atoms with E-state index in [1.54, 1.807) is 14.2 Å². The maximum atomic E-state index is 5.70. The Morgan fingerprint density at radius 2 is 0.893 bits per heavy atom. The zero-order valence-electron chi connectivity index (χ0n) is 17.3. The Morgan fingerprint density at radius 3 is 1.25 bits per heavy atom. The summed E-state index contributed by atoms with van der Waals surface area (Å²) >= 11 is 0. The fourth-order valence-corrected chi connectivity index (χ4v) is 3.36. The Bertz CT molecular complexity index is 956. The number of hydrogen-bond donors (Lipinski definition) is 0. The predicted molar refractivity (Wildman–Crippen MR) is 118 cm³/mol. The van der Waals surface area contributed by atoms with Crippen LogP contribution in [0.25, 0.3) is 32.7 Å². The Morgan fingerprint density at radius 1 is 0.536 bits per heavy atom. The van der Waals surface area contributed by atoms with Gasteiger partial charge in [0, 0.05) is 43.8 Å². The second kappa shape index (κ2) is 11.2. The number of fused-ring (bicyclic) bond motifs is 2. The summed E-state index contributed by atoms with van der Waals surface area (Å²) in [6.45, 7) is 4.00. The van der Waals surface area contributed by atoms with Crippen LogP contribution in [-0.2, 0) is 32.7 Å². The second-order valence-corrected chi connectivity index (χ2v) is 5.73. The maximum absolute atomic E-state index is 5.70. The van der Waals surface area contributed by atoms with Gasteiger partial charge in [0.2, 0.25) is 0 Å². The van der Waals surface area contributed by atoms with Crippen molar-refractivity contribution in [3.8, 4) is 22.6 Å². The molecule has 28 heavy (non-hydrogen) atoms. The molecule has 0 atom stereocenters. The topological polar surface area (TPSA) is 18.5 Å². The van der Waals surface area contributed by atoms with E-state index in [0.29, 0.717) is 0 Å². The van der Waals surface area contributed by atoms with E-state index in [-0.39, 0.29) is 40.1 Å². The van der Waals surface area contributed by atoms with Crippen LogP contribution in [0.5, 0.6) is 11.5 Å². The van der Waals surface area contributed by atoms with Crippen LogP contribution in [-0.4, -0.2) is 14.2 Å². The van der Waals surface area contributed by atoms with Crippen LogP contribution in [0.3, 0.4) is 0 Å². The zero-order valence-corrected chi connectivity index (χ0v) is 20.2. The van der Waals surface area contributed by atoms with Gasteiger partial charge in [-0.15, -0.1) is 0 Å². The van der Waals surface area contributed by atoms with Crippen molar-refractivity contribution in [2.75, 3.05) is 14.2 Å². The fraction of sp³-hybridized carbons (Fsp3) is 0.160. The van der Waals surface area contributed by atoms with Crippen LogP contribution in [0, 0.1) is 7.43 Å². The minimum absolute atomic E-state index is 0. The quantitative estimate of drug-likeness (QED) is 0.310. The average Bonchev–Trinajstić information content (AvgIpc) is 2.73. The Hall–Kier alpha value is -1.90. The zero-order chi connectivity index (χ0) is 18.5. The van der Waals surface area contributed by atoms with E-state index < -0.39 is 0 Å². The van der Waals surface area contributed by atoms with Gasteiger partial charge in [-0.05, 0) is 33.7 Å². The van der Waals surface area contributed by atoms with Gasteiger partial charge in [-0.25, -0.2) is 0 Å². The van der Waals surface area contributed by atoms with Crippen molar-refractivity contribution in [3.63, 3.8) is 0 Å². The molecule has 0 N–H and O–H groups in total. The molecule has 0 bridgehead atoms. The molecule has 1 radical (unpaired) electrons. The van der Waals surface area contributed by atoms with Crippen LogP contribution in [0.2, 0.25) is 0 Å². The van der Waals surface area contributed by atoms with Gasteiger partial charge >= 0.3 is 0 Å². The van der Waals surface area contributed by atoms with Crippen molar-refractivity contribution in [2.24, 2.45) is 0 Å². The van der Waals surface area contributed by atoms with E-state index >= 15 is 0 Å². The molecule has 4 rings (SSSR count). The van der Waals surface area contributed by atoms with Crippen LogP contribution in [0.15, 0.2) is 72.8 Å². The predicted octanol–water partition coefficient (Wildman–Crippen LogP) is 7.15. The largest absolute Gasteiger partial charge is 0.496 e. The molecule has 0 fully saturated rings. The molecule has 143 valence electrons. The Balaban J connectivity index is 0.000000950. The van der Waals surface area contributed by atoms with Crippen molar-refractivity contribution >= 4 is 21.5 Å². The molecular formula is C25H27O2Y-. The molecule has 0 aliphatic carbocycles. The molecule has 4 aromatic carbocycles. The van der Waals surface area contributed by atoms with E-state index in [1.165, 1.54) is 10.8 Å². The van der Waals surface area contributed by atoms with E-state index in [9.17, 15) is 0 Å². The van der Waals surface area contributed by atoms with Crippen LogP contribution in [0.1, 0.15) is 13.8 Å². The van der Waals surface area contributed by atoms with E-state index in [0.717, 1.165) is 33.4 Å². The Labute approximate surface area is 193 Å². The SMILES string of the molecule is CC.COc1ccc2ccccc2c1-c1c(OC)ccc2ccccc12.[CH3-].[Y]. The van der Waals surface area contributed by atoms with Gasteiger partial charge in [0.25, 0.3) is 0 Å². The molecule has 0 saturated carbocycles. The molecule has 0 unspecified atom stereocenters. The summed E-state index contributed by atoms with van der Waals surface area (Å²) in [6.07, 6.45) is 0. The normalized spacial score (nSPS) is 9.57. The Kier molecular flexibility index (Phi) is 9.65. The van der Waals surface area contributed by atoms with Crippen molar-refractivity contribution in [1.29, 1.82) is 0 Å². The van der Waals surface area contributed by atoms with Crippen molar-refractivity contribution in [1.82, 2.24) is 0 Å². The summed E-state index contributed by atoms with van der Waals surface area (Å²) < 4.78 is 11.4. The van der Waals surface area contributed by atoms with E-state index in [2.05, 4.69) is 60.7 Å². The minimum atomic E-state index is 0. The first-order valence-corrected chi connectivity index (χ1v) is 8.95. The molecule has 3 heteroatoms. The van der Waals surface area contributed by atoms with Crippen molar-refractivity contribution < 1.29 is 42.2 Å². The van der Waals surface area contributed by atoms with Gasteiger partial charge in [-0.2, -0.15) is 0 Å². The molecule has 0 aliphatic rings. The summed E-state index contributed by atoms with van der Waals surface area (Å²) in [5.41, 5.74) is 2.15. The van der Waals surface area contributed by atoms with Gasteiger partial charge in [-0.3, -0.25) is 0 Å². The van der Waals surface area contributed by atoms with Gasteiger partial charge in [0.15, 0.2) is 0 Å². The van der Waals surface area contributed by atoms with Crippen molar-refractivity contribution in [3.05, 3.63) is 80.2 Å². The first-order valence-electron chi connectivity index (χ1n) is 8.95. The average molecular weight is 448 g/mol. The molecule has 0 saturated heterocycles. The summed E-state index contributed by atoms with van der Waals surface area (Å²) in [5.74, 6) is 1.70. The van der Waals surface area contributed by atoms with E-state index in [1.807, 2.05) is 26.0 Å². The standard InChI is InChI=1S/C22H18O2.C2H6.CH3.Y/c1-23-19-13-11-15-7-3-5-9-17(15)21(19)22-18-10-6-4-8-16(18)12-14-20(22)24-2;1-2;;/h3-14H,1-2H3;1-2H3;1H3;/q;;-1;. The number of rotatable bonds is 3. The van der Waals surface area contributed by atoms with Crippen LogP contribution >= 0.6 is 0 Å². The molecule has 2 nitrogen and oxygen atoms in total. The van der Waals surface area contributed by atoms with Crippen LogP contribution < -0.4 is 9.47 Å². The smallest absolute Gasteiger partial charge is 0.127 e. The number of methoxy groups -OCH3 is 2. The third-order valence-electron chi connectivity index (χ3n) is 4.47. The van der Waals surface area contributed by atoms with Gasteiger partial charge in [0.05, 0.1) is 14.2 Å². The molecular weight excluding hydrogens is 421 g/mol. The van der Waals surface area contributed by atoms with Gasteiger partial charge < -0.3 is 16.9 Å². The molecule has 0 spiro atoms. The molecule has 0 amide bonds. The molecule has 4 aromatic rings. The second-order valence-electron chi connectivity index (χ2n) is 5.73. The summed E-state index contributed by atoms with van der Waals surface area (Å²) in [4.78, 5) is 0. The van der Waals surface area contributed by atoms with E-state index in [4.69, 9.17) is 9.47 Å². The molecule has 0 aliphatic heterocycles. The molecule has 0 heterocycles. The first-order chi connectivity index (χ1) is 12.8. The van der Waals surface area contributed by atoms with Gasteiger partial charge in [-0.1, -0.05) is 74.5 Å². The first kappa shape index (κ1) is 24.1. The summed E-state index contributed by atoms with van der Waals surface area (Å²) in [7, 11) is 3.43. The summed E-state index contributed by atoms with van der Waals surface area (Å²) in [6, 6.07) is 25.0. The number of ether oxygens (including phenoxy) is 2. The third kappa shape index (κ3) is 4.40. The molecule has 0 aromatic heterocycles.